The van der Waals surface area contributed by atoms with Crippen LogP contribution < -0.4 is 0 Å². The van der Waals surface area contributed by atoms with Crippen molar-refractivity contribution in [3.63, 3.8) is 0 Å². The highest BCUT2D eigenvalue weighted by Crippen LogP contribution is 2.49. The van der Waals surface area contributed by atoms with E-state index in [-0.39, 0.29) is 23.3 Å². The van der Waals surface area contributed by atoms with Crippen LogP contribution >= 0.6 is 0 Å². The Morgan fingerprint density at radius 3 is 1.58 bits per heavy atom. The van der Waals surface area contributed by atoms with Crippen LogP contribution in [0.5, 0.6) is 0 Å². The monoisotopic (exact) mass is 649 g/mol. The molecule has 2 aliphatic rings. The van der Waals surface area contributed by atoms with Gasteiger partial charge in [0.15, 0.2) is 17.3 Å². The fourth-order valence-corrected chi connectivity index (χ4v) is 7.48. The summed E-state index contributed by atoms with van der Waals surface area (Å²) in [6.07, 6.45) is 12.3. The van der Waals surface area contributed by atoms with E-state index in [0.29, 0.717) is 31.6 Å². The number of nitrogens with zero attached hydrogens (tertiary/aromatic N) is 1. The van der Waals surface area contributed by atoms with Crippen LogP contribution in [0, 0.1) is 0 Å². The standard InChI is InChI=1S/C43H55NO4/c1-5-7-9-11-13-15-39(45)33-21-23-35-36-24-22-34(40(46)16-14-12-10-8-6-2)30-38(36)41(37(35)29-33)31-17-19-32(20-18-31)42(47)43(3,4)44-25-27-48-28-26-44/h17-24,29-30,41H,5-16,25-28H2,1-4H3. The number of carbonyl (C=O) groups is 3. The number of fused-ring (bicyclic) bond motifs is 3. The Balaban J connectivity index is 1.44. The second kappa shape index (κ2) is 16.8. The predicted molar refractivity (Wildman–Crippen MR) is 195 cm³/mol. The van der Waals surface area contributed by atoms with Gasteiger partial charge in [-0.15, -0.1) is 0 Å². The van der Waals surface area contributed by atoms with Crippen molar-refractivity contribution < 1.29 is 19.1 Å². The third kappa shape index (κ3) is 8.23. The molecule has 1 saturated heterocycles. The zero-order valence-corrected chi connectivity index (χ0v) is 29.7. The van der Waals surface area contributed by atoms with Crippen molar-refractivity contribution in [1.29, 1.82) is 0 Å². The first-order valence-electron chi connectivity index (χ1n) is 18.6. The number of ketones is 3. The smallest absolute Gasteiger partial charge is 0.182 e. The van der Waals surface area contributed by atoms with Gasteiger partial charge in [0.2, 0.25) is 0 Å². The van der Waals surface area contributed by atoms with Gasteiger partial charge in [-0.3, -0.25) is 19.3 Å². The van der Waals surface area contributed by atoms with Crippen LogP contribution in [0.2, 0.25) is 0 Å². The van der Waals surface area contributed by atoms with Crippen molar-refractivity contribution >= 4 is 17.3 Å². The van der Waals surface area contributed by atoms with E-state index >= 15 is 0 Å². The Hall–Kier alpha value is -3.41. The van der Waals surface area contributed by atoms with Gasteiger partial charge in [0.1, 0.15) is 0 Å². The first-order chi connectivity index (χ1) is 23.3. The molecule has 1 aliphatic carbocycles. The number of rotatable bonds is 18. The second-order valence-corrected chi connectivity index (χ2v) is 14.3. The highest BCUT2D eigenvalue weighted by Gasteiger charge is 2.37. The van der Waals surface area contributed by atoms with Crippen molar-refractivity contribution in [3.05, 3.63) is 94.0 Å². The summed E-state index contributed by atoms with van der Waals surface area (Å²) in [5.74, 6) is 0.353. The van der Waals surface area contributed by atoms with Crippen molar-refractivity contribution in [3.8, 4) is 11.1 Å². The SMILES string of the molecule is CCCCCCCC(=O)c1ccc2c(c1)C(c1ccc(C(=O)C(C)(C)N3CCOCC3)cc1)c1cc(C(=O)CCCCCCC)ccc1-2. The topological polar surface area (TPSA) is 63.7 Å². The lowest BCUT2D eigenvalue weighted by Crippen LogP contribution is -2.54. The third-order valence-electron chi connectivity index (χ3n) is 10.5. The Morgan fingerprint density at radius 1 is 0.646 bits per heavy atom. The highest BCUT2D eigenvalue weighted by atomic mass is 16.5. The van der Waals surface area contributed by atoms with Gasteiger partial charge in [-0.1, -0.05) is 114 Å². The average Bonchev–Trinajstić information content (AvgIpc) is 3.44. The predicted octanol–water partition coefficient (Wildman–Crippen LogP) is 10.2. The highest BCUT2D eigenvalue weighted by molar-refractivity contribution is 6.03. The summed E-state index contributed by atoms with van der Waals surface area (Å²) in [5, 5.41) is 0. The van der Waals surface area contributed by atoms with E-state index in [0.717, 1.165) is 77.7 Å². The second-order valence-electron chi connectivity index (χ2n) is 14.3. The van der Waals surface area contributed by atoms with Crippen LogP contribution in [0.3, 0.4) is 0 Å². The molecular formula is C43H55NO4. The van der Waals surface area contributed by atoms with Gasteiger partial charge in [0.25, 0.3) is 0 Å². The molecule has 0 N–H and O–H groups in total. The molecule has 1 fully saturated rings. The normalized spacial score (nSPS) is 14.9. The zero-order chi connectivity index (χ0) is 34.1. The molecule has 0 atom stereocenters. The van der Waals surface area contributed by atoms with Crippen molar-refractivity contribution in [2.24, 2.45) is 0 Å². The number of benzene rings is 3. The molecule has 0 aromatic heterocycles. The lowest BCUT2D eigenvalue weighted by Gasteiger charge is -2.39. The minimum atomic E-state index is -0.630. The van der Waals surface area contributed by atoms with Crippen LogP contribution in [0.4, 0.5) is 0 Å². The van der Waals surface area contributed by atoms with Crippen LogP contribution in [-0.2, 0) is 4.74 Å². The minimum absolute atomic E-state index is 0.0989. The quantitative estimate of drug-likeness (QED) is 0.0793. The van der Waals surface area contributed by atoms with E-state index in [1.165, 1.54) is 38.5 Å². The third-order valence-corrected chi connectivity index (χ3v) is 10.5. The summed E-state index contributed by atoms with van der Waals surface area (Å²) in [7, 11) is 0. The molecule has 1 heterocycles. The maximum atomic E-state index is 13.8. The van der Waals surface area contributed by atoms with Gasteiger partial charge in [-0.25, -0.2) is 0 Å². The molecule has 256 valence electrons. The first kappa shape index (κ1) is 35.9. The maximum absolute atomic E-state index is 13.8. The van der Waals surface area contributed by atoms with Crippen LogP contribution in [-0.4, -0.2) is 54.1 Å². The van der Waals surface area contributed by atoms with Gasteiger partial charge < -0.3 is 4.74 Å². The number of unbranched alkanes of at least 4 members (excludes halogenated alkanes) is 8. The van der Waals surface area contributed by atoms with E-state index in [4.69, 9.17) is 4.74 Å². The fourth-order valence-electron chi connectivity index (χ4n) is 7.48. The van der Waals surface area contributed by atoms with Crippen LogP contribution in [0.15, 0.2) is 60.7 Å². The van der Waals surface area contributed by atoms with E-state index in [1.54, 1.807) is 0 Å². The Morgan fingerprint density at radius 2 is 1.10 bits per heavy atom. The lowest BCUT2D eigenvalue weighted by atomic mass is 9.85. The molecule has 0 spiro atoms. The molecule has 1 aliphatic heterocycles. The number of Topliss-reactive ketones (excluding diaryl/α,β-unsaturated/α-hetero) is 3. The zero-order valence-electron chi connectivity index (χ0n) is 29.7. The fraction of sp³-hybridized carbons (Fsp3) is 0.512. The molecule has 5 nitrogen and oxygen atoms in total. The average molecular weight is 650 g/mol. The lowest BCUT2D eigenvalue weighted by molar-refractivity contribution is -0.00430. The van der Waals surface area contributed by atoms with E-state index in [1.807, 2.05) is 38.1 Å². The van der Waals surface area contributed by atoms with E-state index < -0.39 is 5.54 Å². The summed E-state index contributed by atoms with van der Waals surface area (Å²) in [5.41, 5.74) is 7.04. The Bertz CT molecular complexity index is 1490. The molecule has 0 saturated carbocycles. The molecular weight excluding hydrogens is 594 g/mol. The summed E-state index contributed by atoms with van der Waals surface area (Å²) in [6, 6.07) is 20.4. The molecule has 0 unspecified atom stereocenters. The molecule has 0 bridgehead atoms. The molecule has 48 heavy (non-hydrogen) atoms. The van der Waals surface area contributed by atoms with Gasteiger partial charge in [0, 0.05) is 48.5 Å². The molecule has 3 aromatic carbocycles. The van der Waals surface area contributed by atoms with Crippen molar-refractivity contribution in [2.45, 2.75) is 116 Å². The summed E-state index contributed by atoms with van der Waals surface area (Å²) < 4.78 is 5.53. The molecule has 3 aromatic rings. The summed E-state index contributed by atoms with van der Waals surface area (Å²) in [4.78, 5) is 42.7. The number of hydrogen-bond donors (Lipinski definition) is 0. The molecule has 5 heteroatoms. The Labute approximate surface area is 288 Å². The van der Waals surface area contributed by atoms with Gasteiger partial charge >= 0.3 is 0 Å². The van der Waals surface area contributed by atoms with Gasteiger partial charge in [-0.05, 0) is 66.6 Å². The molecule has 0 radical (unpaired) electrons. The van der Waals surface area contributed by atoms with Crippen LogP contribution in [0.25, 0.3) is 11.1 Å². The summed E-state index contributed by atoms with van der Waals surface area (Å²) in [6.45, 7) is 11.2. The Kier molecular flexibility index (Phi) is 12.6. The van der Waals surface area contributed by atoms with Gasteiger partial charge in [0.05, 0.1) is 18.8 Å². The molecule has 0 amide bonds. The number of hydrogen-bond acceptors (Lipinski definition) is 5. The minimum Gasteiger partial charge on any atom is -0.379 e. The maximum Gasteiger partial charge on any atom is 0.182 e. The first-order valence-corrected chi connectivity index (χ1v) is 18.6. The largest absolute Gasteiger partial charge is 0.379 e. The van der Waals surface area contributed by atoms with Gasteiger partial charge in [-0.2, -0.15) is 0 Å². The number of morpholine rings is 1. The van der Waals surface area contributed by atoms with Crippen LogP contribution in [0.1, 0.15) is 158 Å². The van der Waals surface area contributed by atoms with Crippen molar-refractivity contribution in [1.82, 2.24) is 4.90 Å². The van der Waals surface area contributed by atoms with E-state index in [2.05, 4.69) is 55.1 Å². The van der Waals surface area contributed by atoms with Crippen molar-refractivity contribution in [2.75, 3.05) is 26.3 Å². The number of carbonyl (C=O) groups excluding carboxylic acids is 3. The van der Waals surface area contributed by atoms with E-state index in [9.17, 15) is 14.4 Å². The number of ether oxygens (including phenoxy) is 1. The summed E-state index contributed by atoms with van der Waals surface area (Å²) >= 11 is 0. The molecule has 5 rings (SSSR count).